The van der Waals surface area contributed by atoms with Gasteiger partial charge in [0.05, 0.1) is 19.8 Å². The van der Waals surface area contributed by atoms with Gasteiger partial charge in [-0.25, -0.2) is 9.59 Å². The summed E-state index contributed by atoms with van der Waals surface area (Å²) in [4.78, 5) is 23.2. The molecule has 7 nitrogen and oxygen atoms in total. The van der Waals surface area contributed by atoms with Crippen LogP contribution < -0.4 is 5.73 Å². The van der Waals surface area contributed by atoms with Crippen molar-refractivity contribution < 1.29 is 19.1 Å². The van der Waals surface area contributed by atoms with Crippen LogP contribution in [0.4, 0.5) is 0 Å². The molecule has 0 spiro atoms. The molecule has 0 atom stereocenters. The van der Waals surface area contributed by atoms with Crippen molar-refractivity contribution in [3.8, 4) is 0 Å². The maximum Gasteiger partial charge on any atom is 0.358 e. The number of aromatic nitrogens is 2. The average molecular weight is 255 g/mol. The third-order valence-electron chi connectivity index (χ3n) is 2.09. The molecule has 1 aromatic rings. The molecule has 0 saturated carbocycles. The smallest absolute Gasteiger partial charge is 0.358 e. The number of nitrogens with two attached hydrogens (primary N) is 1. The Labute approximate surface area is 105 Å². The van der Waals surface area contributed by atoms with Gasteiger partial charge in [-0.3, -0.25) is 4.68 Å². The van der Waals surface area contributed by atoms with Gasteiger partial charge in [0.15, 0.2) is 5.69 Å². The van der Waals surface area contributed by atoms with E-state index in [1.807, 2.05) is 0 Å². The van der Waals surface area contributed by atoms with Crippen LogP contribution in [0.3, 0.4) is 0 Å². The normalized spacial score (nSPS) is 10.2. The maximum atomic E-state index is 11.7. The first kappa shape index (κ1) is 14.2. The van der Waals surface area contributed by atoms with Crippen LogP contribution in [0.5, 0.6) is 0 Å². The lowest BCUT2D eigenvalue weighted by Gasteiger charge is -2.04. The largest absolute Gasteiger partial charge is 0.461 e. The molecule has 1 aromatic heterocycles. The minimum Gasteiger partial charge on any atom is -0.461 e. The van der Waals surface area contributed by atoms with Crippen LogP contribution in [0.1, 0.15) is 34.8 Å². The van der Waals surface area contributed by atoms with Crippen molar-refractivity contribution in [2.24, 2.45) is 5.73 Å². The molecule has 0 aliphatic heterocycles. The predicted octanol–water partition coefficient (Wildman–Crippen LogP) is 0.195. The maximum absolute atomic E-state index is 11.7. The van der Waals surface area contributed by atoms with E-state index in [-0.39, 0.29) is 24.6 Å². The van der Waals surface area contributed by atoms with Crippen molar-refractivity contribution in [1.29, 1.82) is 0 Å². The molecule has 1 rings (SSSR count). The highest BCUT2D eigenvalue weighted by atomic mass is 16.5. The van der Waals surface area contributed by atoms with Crippen LogP contribution in [-0.4, -0.2) is 41.5 Å². The second kappa shape index (κ2) is 6.75. The molecule has 0 fully saturated rings. The lowest BCUT2D eigenvalue weighted by atomic mass is 10.3. The van der Waals surface area contributed by atoms with E-state index in [2.05, 4.69) is 5.10 Å². The molecule has 0 amide bonds. The van der Waals surface area contributed by atoms with Gasteiger partial charge < -0.3 is 15.2 Å². The number of nitrogens with zero attached hydrogens (tertiary/aromatic N) is 2. The molecule has 0 saturated heterocycles. The first-order valence-corrected chi connectivity index (χ1v) is 5.76. The molecule has 7 heteroatoms. The first-order chi connectivity index (χ1) is 8.63. The molecular formula is C11H17N3O4. The Bertz CT molecular complexity index is 428. The van der Waals surface area contributed by atoms with E-state index in [0.717, 1.165) is 0 Å². The third-order valence-corrected chi connectivity index (χ3v) is 2.09. The number of carbonyl (C=O) groups is 2. The average Bonchev–Trinajstić information content (AvgIpc) is 2.74. The number of esters is 2. The summed E-state index contributed by atoms with van der Waals surface area (Å²) in [6.07, 6.45) is 0. The van der Waals surface area contributed by atoms with Crippen LogP contribution >= 0.6 is 0 Å². The van der Waals surface area contributed by atoms with Gasteiger partial charge in [-0.1, -0.05) is 0 Å². The van der Waals surface area contributed by atoms with Gasteiger partial charge >= 0.3 is 11.9 Å². The molecule has 0 bridgehead atoms. The molecule has 0 unspecified atom stereocenters. The summed E-state index contributed by atoms with van der Waals surface area (Å²) in [6.45, 7) is 4.53. The van der Waals surface area contributed by atoms with Crippen LogP contribution in [-0.2, 0) is 16.0 Å². The fraction of sp³-hybridized carbons (Fsp3) is 0.545. The van der Waals surface area contributed by atoms with E-state index in [0.29, 0.717) is 13.1 Å². The van der Waals surface area contributed by atoms with E-state index in [1.165, 1.54) is 10.7 Å². The standard InChI is InChI=1S/C11H17N3O4/c1-3-17-10(15)8-7-9(11(16)18-4-2)14(13-8)6-5-12/h7H,3-6,12H2,1-2H3. The van der Waals surface area contributed by atoms with Crippen molar-refractivity contribution in [3.05, 3.63) is 17.5 Å². The Morgan fingerprint density at radius 1 is 1.28 bits per heavy atom. The van der Waals surface area contributed by atoms with E-state index in [1.54, 1.807) is 13.8 Å². The van der Waals surface area contributed by atoms with Crippen LogP contribution in [0.2, 0.25) is 0 Å². The molecule has 100 valence electrons. The minimum absolute atomic E-state index is 0.0772. The molecule has 2 N–H and O–H groups in total. The quantitative estimate of drug-likeness (QED) is 0.729. The number of ether oxygens (including phenoxy) is 2. The minimum atomic E-state index is -0.571. The Balaban J connectivity index is 3.00. The van der Waals surface area contributed by atoms with Gasteiger partial charge in [-0.15, -0.1) is 0 Å². The van der Waals surface area contributed by atoms with E-state index < -0.39 is 11.9 Å². The summed E-state index contributed by atoms with van der Waals surface area (Å²) in [7, 11) is 0. The Morgan fingerprint density at radius 3 is 2.44 bits per heavy atom. The SMILES string of the molecule is CCOC(=O)c1cc(C(=O)OCC)n(CCN)n1. The van der Waals surface area contributed by atoms with E-state index >= 15 is 0 Å². The molecule has 0 radical (unpaired) electrons. The zero-order valence-corrected chi connectivity index (χ0v) is 10.5. The van der Waals surface area contributed by atoms with Gasteiger partial charge in [0.2, 0.25) is 0 Å². The fourth-order valence-electron chi connectivity index (χ4n) is 1.38. The highest BCUT2D eigenvalue weighted by molar-refractivity contribution is 5.93. The number of hydrogen-bond acceptors (Lipinski definition) is 6. The molecule has 18 heavy (non-hydrogen) atoms. The van der Waals surface area contributed by atoms with Gasteiger partial charge in [0.25, 0.3) is 0 Å². The molecule has 0 aromatic carbocycles. The first-order valence-electron chi connectivity index (χ1n) is 5.76. The number of carbonyl (C=O) groups excluding carboxylic acids is 2. The van der Waals surface area contributed by atoms with Crippen LogP contribution in [0.25, 0.3) is 0 Å². The van der Waals surface area contributed by atoms with Crippen molar-refractivity contribution in [2.45, 2.75) is 20.4 Å². The monoisotopic (exact) mass is 255 g/mol. The van der Waals surface area contributed by atoms with Gasteiger partial charge in [0.1, 0.15) is 5.69 Å². The van der Waals surface area contributed by atoms with Crippen LogP contribution in [0.15, 0.2) is 6.07 Å². The van der Waals surface area contributed by atoms with Crippen molar-refractivity contribution in [1.82, 2.24) is 9.78 Å². The van der Waals surface area contributed by atoms with Crippen molar-refractivity contribution >= 4 is 11.9 Å². The van der Waals surface area contributed by atoms with E-state index in [9.17, 15) is 9.59 Å². The summed E-state index contributed by atoms with van der Waals surface area (Å²) < 4.78 is 11.0. The van der Waals surface area contributed by atoms with Gasteiger partial charge in [-0.2, -0.15) is 5.10 Å². The van der Waals surface area contributed by atoms with E-state index in [4.69, 9.17) is 15.2 Å². The lowest BCUT2D eigenvalue weighted by Crippen LogP contribution is -2.18. The zero-order valence-electron chi connectivity index (χ0n) is 10.5. The van der Waals surface area contributed by atoms with Crippen LogP contribution in [0, 0.1) is 0 Å². The van der Waals surface area contributed by atoms with Crippen molar-refractivity contribution in [3.63, 3.8) is 0 Å². The van der Waals surface area contributed by atoms with Crippen molar-refractivity contribution in [2.75, 3.05) is 19.8 Å². The molecule has 0 aliphatic rings. The van der Waals surface area contributed by atoms with Gasteiger partial charge in [-0.05, 0) is 13.8 Å². The Hall–Kier alpha value is -1.89. The fourth-order valence-corrected chi connectivity index (χ4v) is 1.38. The zero-order chi connectivity index (χ0) is 13.5. The highest BCUT2D eigenvalue weighted by Gasteiger charge is 2.20. The van der Waals surface area contributed by atoms with Gasteiger partial charge in [0, 0.05) is 12.6 Å². The second-order valence-electron chi connectivity index (χ2n) is 3.37. The summed E-state index contributed by atoms with van der Waals surface area (Å²) in [5, 5.41) is 3.98. The third kappa shape index (κ3) is 3.30. The lowest BCUT2D eigenvalue weighted by molar-refractivity contribution is 0.0506. The molecular weight excluding hydrogens is 238 g/mol. The summed E-state index contributed by atoms with van der Waals surface area (Å²) in [5.74, 6) is -1.10. The highest BCUT2D eigenvalue weighted by Crippen LogP contribution is 2.08. The Morgan fingerprint density at radius 2 is 1.89 bits per heavy atom. The molecule has 1 heterocycles. The summed E-state index contributed by atoms with van der Waals surface area (Å²) in [5.41, 5.74) is 5.70. The molecule has 0 aliphatic carbocycles. The Kier molecular flexibility index (Phi) is 5.31. The second-order valence-corrected chi connectivity index (χ2v) is 3.37. The predicted molar refractivity (Wildman–Crippen MR) is 63.2 cm³/mol. The number of hydrogen-bond donors (Lipinski definition) is 1. The number of rotatable bonds is 6. The summed E-state index contributed by atoms with van der Waals surface area (Å²) in [6, 6.07) is 1.35. The topological polar surface area (TPSA) is 96.4 Å². The summed E-state index contributed by atoms with van der Waals surface area (Å²) >= 11 is 0.